The normalized spacial score (nSPS) is 13.4. The monoisotopic (exact) mass is 708 g/mol. The Labute approximate surface area is 299 Å². The summed E-state index contributed by atoms with van der Waals surface area (Å²) >= 11 is 1.69. The van der Waals surface area contributed by atoms with E-state index in [0.29, 0.717) is 0 Å². The molecule has 0 radical (unpaired) electrons. The SMILES string of the molecule is CC(C)(c1ccccc1)c1c[c-]c2c(c1)-c1cc(C(C)(C)c3ccccc3)ccc1C2.[Cl-].[Cl-].[Zr+2]=[C]1CCCCC1.c1cc[cH-]c1. The summed E-state index contributed by atoms with van der Waals surface area (Å²) in [5.41, 5.74) is 10.7. The van der Waals surface area contributed by atoms with Gasteiger partial charge in [-0.05, 0) is 28.5 Å². The molecule has 0 atom stereocenters. The third-order valence-corrected chi connectivity index (χ3v) is 10.5. The maximum atomic E-state index is 3.63. The standard InChI is InChI=1S/C31H29.C6H10.C5H5.2ClH.Zr/c1-30(2,24-11-7-5-8-12-24)26-17-15-22-19-23-16-18-27(21-29(23)28(22)20-26)31(3,4)25-13-9-6-10-14-25;1-2-4-6-5-3-1;1-2-4-5-3-1;;;/h5-15,17-18,20-21H,19H2,1-4H3;1-5H2;1-5H;2*1H;/q-1;;-1;;;+2/p-2. The first-order valence-electron chi connectivity index (χ1n) is 15.8. The van der Waals surface area contributed by atoms with E-state index in [1.807, 2.05) is 30.3 Å². The Morgan fingerprint density at radius 2 is 1.13 bits per heavy atom. The fraction of sp³-hybridized carbons (Fsp3) is 0.286. The van der Waals surface area contributed by atoms with Gasteiger partial charge in [-0.25, -0.2) is 12.1 Å². The Bertz CT molecular complexity index is 1490. The Morgan fingerprint density at radius 3 is 1.62 bits per heavy atom. The van der Waals surface area contributed by atoms with Crippen molar-refractivity contribution >= 4 is 3.21 Å². The summed E-state index contributed by atoms with van der Waals surface area (Å²) in [6, 6.07) is 46.9. The molecule has 2 aliphatic carbocycles. The van der Waals surface area contributed by atoms with E-state index in [1.165, 1.54) is 76.6 Å². The van der Waals surface area contributed by atoms with Gasteiger partial charge in [0.05, 0.1) is 0 Å². The molecule has 7 rings (SSSR count). The van der Waals surface area contributed by atoms with Crippen LogP contribution >= 0.6 is 0 Å². The minimum absolute atomic E-state index is 0. The molecule has 0 nitrogen and oxygen atoms in total. The zero-order chi connectivity index (χ0) is 30.3. The first kappa shape index (κ1) is 37.0. The van der Waals surface area contributed by atoms with Crippen LogP contribution in [0.15, 0.2) is 121 Å². The molecular formula is C42H44Cl2Zr-2. The molecule has 0 unspecified atom stereocenters. The number of benzene rings is 4. The van der Waals surface area contributed by atoms with E-state index >= 15 is 0 Å². The van der Waals surface area contributed by atoms with Gasteiger partial charge in [-0.3, -0.25) is 0 Å². The summed E-state index contributed by atoms with van der Waals surface area (Å²) in [4.78, 5) is 0. The average molecular weight is 711 g/mol. The van der Waals surface area contributed by atoms with Crippen molar-refractivity contribution in [1.29, 1.82) is 0 Å². The van der Waals surface area contributed by atoms with Gasteiger partial charge in [-0.1, -0.05) is 118 Å². The third-order valence-electron chi connectivity index (χ3n) is 9.24. The molecule has 1 saturated carbocycles. The van der Waals surface area contributed by atoms with Crippen molar-refractivity contribution in [3.63, 3.8) is 0 Å². The molecule has 45 heavy (non-hydrogen) atoms. The average Bonchev–Trinajstić information content (AvgIpc) is 3.74. The number of halogens is 2. The van der Waals surface area contributed by atoms with Crippen molar-refractivity contribution in [2.45, 2.75) is 77.0 Å². The Hall–Kier alpha value is -2.44. The largest absolute Gasteiger partial charge is 0.214 e. The van der Waals surface area contributed by atoms with Crippen molar-refractivity contribution in [3.8, 4) is 11.1 Å². The van der Waals surface area contributed by atoms with Gasteiger partial charge >= 0.3 is 59.5 Å². The van der Waals surface area contributed by atoms with E-state index < -0.39 is 0 Å². The van der Waals surface area contributed by atoms with Gasteiger partial charge in [-0.15, -0.1) is 11.1 Å². The maximum Gasteiger partial charge on any atom is -0.172 e. The van der Waals surface area contributed by atoms with Gasteiger partial charge in [0.2, 0.25) is 0 Å². The van der Waals surface area contributed by atoms with Gasteiger partial charge in [0, 0.05) is 5.41 Å². The summed E-state index contributed by atoms with van der Waals surface area (Å²) in [5.74, 6) is 0. The van der Waals surface area contributed by atoms with Crippen LogP contribution in [0.25, 0.3) is 11.1 Å². The van der Waals surface area contributed by atoms with Crippen LogP contribution < -0.4 is 24.8 Å². The van der Waals surface area contributed by atoms with Crippen LogP contribution in [0.3, 0.4) is 0 Å². The molecule has 0 amide bonds. The summed E-state index contributed by atoms with van der Waals surface area (Å²) in [5, 5.41) is 0. The van der Waals surface area contributed by atoms with Crippen molar-refractivity contribution in [3.05, 3.63) is 161 Å². The predicted molar refractivity (Wildman–Crippen MR) is 181 cm³/mol. The van der Waals surface area contributed by atoms with Crippen LogP contribution in [-0.4, -0.2) is 3.21 Å². The van der Waals surface area contributed by atoms with Crippen molar-refractivity contribution < 1.29 is 49.0 Å². The predicted octanol–water partition coefficient (Wildman–Crippen LogP) is 4.79. The number of fused-ring (bicyclic) bond motifs is 3. The zero-order valence-corrected chi connectivity index (χ0v) is 31.0. The molecule has 0 aromatic heterocycles. The maximum absolute atomic E-state index is 3.63. The quantitative estimate of drug-likeness (QED) is 0.231. The molecule has 0 bridgehead atoms. The van der Waals surface area contributed by atoms with E-state index in [9.17, 15) is 0 Å². The van der Waals surface area contributed by atoms with E-state index in [2.05, 4.69) is 125 Å². The summed E-state index contributed by atoms with van der Waals surface area (Å²) in [6.45, 7) is 9.26. The number of hydrogen-bond acceptors (Lipinski definition) is 0. The molecule has 5 aromatic carbocycles. The third kappa shape index (κ3) is 9.10. The van der Waals surface area contributed by atoms with Crippen LogP contribution in [0.4, 0.5) is 0 Å². The summed E-state index contributed by atoms with van der Waals surface area (Å²) < 4.78 is 1.80. The molecule has 0 N–H and O–H groups in total. The van der Waals surface area contributed by atoms with Crippen molar-refractivity contribution in [2.75, 3.05) is 0 Å². The Balaban J connectivity index is 0.000000330. The van der Waals surface area contributed by atoms with Gasteiger partial charge in [0.1, 0.15) is 0 Å². The van der Waals surface area contributed by atoms with E-state index in [4.69, 9.17) is 0 Å². The number of rotatable bonds is 4. The topological polar surface area (TPSA) is 0 Å². The summed E-state index contributed by atoms with van der Waals surface area (Å²) in [7, 11) is 0. The van der Waals surface area contributed by atoms with E-state index in [1.54, 1.807) is 27.4 Å². The second-order valence-electron chi connectivity index (χ2n) is 12.9. The first-order valence-corrected chi connectivity index (χ1v) is 17.0. The molecule has 0 saturated heterocycles. The second-order valence-corrected chi connectivity index (χ2v) is 14.7. The van der Waals surface area contributed by atoms with Crippen LogP contribution in [-0.2, 0) is 41.5 Å². The second kappa shape index (κ2) is 16.9. The van der Waals surface area contributed by atoms with Crippen molar-refractivity contribution in [2.24, 2.45) is 0 Å². The molecule has 5 aromatic rings. The van der Waals surface area contributed by atoms with Crippen LogP contribution in [0.1, 0.15) is 93.2 Å². The molecule has 0 heterocycles. The molecular weight excluding hydrogens is 667 g/mol. The molecule has 0 aliphatic heterocycles. The van der Waals surface area contributed by atoms with Gasteiger partial charge < -0.3 is 24.8 Å². The molecule has 2 aliphatic rings. The minimum atomic E-state index is -0.0591. The van der Waals surface area contributed by atoms with Gasteiger partial charge in [0.25, 0.3) is 0 Å². The van der Waals surface area contributed by atoms with Crippen LogP contribution in [0.5, 0.6) is 0 Å². The number of hydrogen-bond donors (Lipinski definition) is 0. The fourth-order valence-electron chi connectivity index (χ4n) is 6.18. The van der Waals surface area contributed by atoms with Crippen LogP contribution in [0, 0.1) is 6.07 Å². The van der Waals surface area contributed by atoms with E-state index in [-0.39, 0.29) is 35.6 Å². The fourth-order valence-corrected chi connectivity index (χ4v) is 7.05. The van der Waals surface area contributed by atoms with E-state index in [0.717, 1.165) is 6.42 Å². The molecule has 1 fully saturated rings. The first-order chi connectivity index (χ1) is 20.8. The van der Waals surface area contributed by atoms with Gasteiger partial charge in [-0.2, -0.15) is 42.0 Å². The van der Waals surface area contributed by atoms with Crippen LogP contribution in [0.2, 0.25) is 0 Å². The Kier molecular flexibility index (Phi) is 13.9. The van der Waals surface area contributed by atoms with Crippen molar-refractivity contribution in [1.82, 2.24) is 0 Å². The minimum Gasteiger partial charge on any atom is -0.214 e. The molecule has 0 spiro atoms. The summed E-state index contributed by atoms with van der Waals surface area (Å²) in [6.07, 6.45) is 8.29. The smallest absolute Gasteiger partial charge is 0.172 e. The zero-order valence-electron chi connectivity index (χ0n) is 27.0. The molecule has 3 heteroatoms. The Morgan fingerprint density at radius 1 is 0.600 bits per heavy atom. The van der Waals surface area contributed by atoms with Gasteiger partial charge in [0.15, 0.2) is 0 Å². The molecule has 232 valence electrons.